The molecular formula is C13H22N4O3. The van der Waals surface area contributed by atoms with E-state index in [0.717, 1.165) is 5.69 Å². The maximum absolute atomic E-state index is 12.1. The van der Waals surface area contributed by atoms with Crippen molar-refractivity contribution < 1.29 is 14.3 Å². The van der Waals surface area contributed by atoms with Gasteiger partial charge in [-0.1, -0.05) is 0 Å². The van der Waals surface area contributed by atoms with Crippen LogP contribution in [-0.4, -0.2) is 46.1 Å². The molecule has 0 saturated carbocycles. The number of morpholine rings is 1. The van der Waals surface area contributed by atoms with Crippen LogP contribution in [0.4, 0.5) is 10.6 Å². The molecule has 7 heteroatoms. The topological polar surface area (TPSA) is 82.6 Å². The van der Waals surface area contributed by atoms with Gasteiger partial charge >= 0.3 is 6.09 Å². The van der Waals surface area contributed by atoms with Gasteiger partial charge in [0, 0.05) is 19.7 Å². The maximum atomic E-state index is 12.1. The molecule has 2 N–H and O–H groups in total. The molecule has 112 valence electrons. The molecule has 2 rings (SSSR count). The van der Waals surface area contributed by atoms with E-state index in [-0.39, 0.29) is 12.2 Å². The first kappa shape index (κ1) is 14.6. The summed E-state index contributed by atoms with van der Waals surface area (Å²) in [5.41, 5.74) is 6.00. The zero-order chi connectivity index (χ0) is 14.9. The molecule has 0 aliphatic carbocycles. The fourth-order valence-electron chi connectivity index (χ4n) is 1.98. The number of carbonyl (C=O) groups is 1. The average Bonchev–Trinajstić information content (AvgIpc) is 2.68. The third-order valence-corrected chi connectivity index (χ3v) is 2.98. The summed E-state index contributed by atoms with van der Waals surface area (Å²) in [6.07, 6.45) is -0.588. The van der Waals surface area contributed by atoms with Gasteiger partial charge < -0.3 is 20.1 Å². The van der Waals surface area contributed by atoms with Gasteiger partial charge in [-0.2, -0.15) is 5.10 Å². The normalized spacial score (nSPS) is 20.0. The van der Waals surface area contributed by atoms with E-state index in [1.807, 2.05) is 20.8 Å². The van der Waals surface area contributed by atoms with Gasteiger partial charge in [-0.3, -0.25) is 4.68 Å². The molecule has 1 saturated heterocycles. The van der Waals surface area contributed by atoms with Crippen LogP contribution in [0.2, 0.25) is 0 Å². The first-order chi connectivity index (χ1) is 9.26. The van der Waals surface area contributed by atoms with Crippen LogP contribution in [0.1, 0.15) is 32.6 Å². The minimum Gasteiger partial charge on any atom is -0.444 e. The summed E-state index contributed by atoms with van der Waals surface area (Å²) in [5.74, 6) is 0.568. The van der Waals surface area contributed by atoms with Gasteiger partial charge in [-0.05, 0) is 20.8 Å². The average molecular weight is 282 g/mol. The number of ether oxygens (including phenoxy) is 2. The Bertz CT molecular complexity index is 473. The van der Waals surface area contributed by atoms with Crippen molar-refractivity contribution in [2.45, 2.75) is 32.5 Å². The first-order valence-corrected chi connectivity index (χ1v) is 6.65. The van der Waals surface area contributed by atoms with E-state index in [1.165, 1.54) is 0 Å². The molecule has 1 aromatic heterocycles. The van der Waals surface area contributed by atoms with Gasteiger partial charge in [-0.15, -0.1) is 0 Å². The van der Waals surface area contributed by atoms with E-state index in [2.05, 4.69) is 5.10 Å². The zero-order valence-corrected chi connectivity index (χ0v) is 12.4. The van der Waals surface area contributed by atoms with Crippen LogP contribution >= 0.6 is 0 Å². The van der Waals surface area contributed by atoms with Crippen LogP contribution in [0.5, 0.6) is 0 Å². The molecule has 1 unspecified atom stereocenters. The van der Waals surface area contributed by atoms with E-state index in [0.29, 0.717) is 25.5 Å². The summed E-state index contributed by atoms with van der Waals surface area (Å²) in [5, 5.41) is 4.29. The SMILES string of the molecule is Cn1nc(C2CN(C(=O)OC(C)(C)C)CCO2)cc1N. The summed E-state index contributed by atoms with van der Waals surface area (Å²) in [7, 11) is 1.77. The van der Waals surface area contributed by atoms with Crippen molar-refractivity contribution in [1.29, 1.82) is 0 Å². The Balaban J connectivity index is 2.03. The van der Waals surface area contributed by atoms with E-state index in [9.17, 15) is 4.79 Å². The molecule has 1 amide bonds. The highest BCUT2D eigenvalue weighted by Gasteiger charge is 2.30. The fraction of sp³-hybridized carbons (Fsp3) is 0.692. The highest BCUT2D eigenvalue weighted by Crippen LogP contribution is 2.23. The Labute approximate surface area is 118 Å². The highest BCUT2D eigenvalue weighted by molar-refractivity contribution is 5.68. The smallest absolute Gasteiger partial charge is 0.410 e. The molecule has 2 heterocycles. The van der Waals surface area contributed by atoms with Gasteiger partial charge in [-0.25, -0.2) is 4.79 Å². The number of rotatable bonds is 1. The second-order valence-electron chi connectivity index (χ2n) is 5.90. The Morgan fingerprint density at radius 1 is 1.55 bits per heavy atom. The van der Waals surface area contributed by atoms with Gasteiger partial charge in [0.15, 0.2) is 0 Å². The molecular weight excluding hydrogens is 260 g/mol. The standard InChI is InChI=1S/C13H22N4O3/c1-13(2,3)20-12(18)17-5-6-19-10(8-17)9-7-11(14)16(4)15-9/h7,10H,5-6,8,14H2,1-4H3. The van der Waals surface area contributed by atoms with Crippen LogP contribution in [0.15, 0.2) is 6.07 Å². The number of nitrogen functional groups attached to an aromatic ring is 1. The van der Waals surface area contributed by atoms with Crippen molar-refractivity contribution in [3.63, 3.8) is 0 Å². The van der Waals surface area contributed by atoms with Crippen molar-refractivity contribution in [3.05, 3.63) is 11.8 Å². The molecule has 1 aliphatic rings. The molecule has 20 heavy (non-hydrogen) atoms. The van der Waals surface area contributed by atoms with Crippen LogP contribution in [-0.2, 0) is 16.5 Å². The second-order valence-corrected chi connectivity index (χ2v) is 5.90. The third kappa shape index (κ3) is 3.41. The number of nitrogens with two attached hydrogens (primary N) is 1. The molecule has 1 atom stereocenters. The molecule has 7 nitrogen and oxygen atoms in total. The van der Waals surface area contributed by atoms with Crippen LogP contribution < -0.4 is 5.73 Å². The summed E-state index contributed by atoms with van der Waals surface area (Å²) < 4.78 is 12.6. The lowest BCUT2D eigenvalue weighted by Crippen LogP contribution is -2.44. The monoisotopic (exact) mass is 282 g/mol. The molecule has 1 aliphatic heterocycles. The summed E-state index contributed by atoms with van der Waals surface area (Å²) >= 11 is 0. The van der Waals surface area contributed by atoms with E-state index in [4.69, 9.17) is 15.2 Å². The third-order valence-electron chi connectivity index (χ3n) is 2.98. The lowest BCUT2D eigenvalue weighted by atomic mass is 10.2. The van der Waals surface area contributed by atoms with Gasteiger partial charge in [0.1, 0.15) is 17.5 Å². The summed E-state index contributed by atoms with van der Waals surface area (Å²) in [4.78, 5) is 13.7. The number of amides is 1. The molecule has 0 spiro atoms. The predicted octanol–water partition coefficient (Wildman–Crippen LogP) is 1.31. The highest BCUT2D eigenvalue weighted by atomic mass is 16.6. The first-order valence-electron chi connectivity index (χ1n) is 6.65. The Kier molecular flexibility index (Phi) is 3.89. The molecule has 0 aromatic carbocycles. The van der Waals surface area contributed by atoms with Gasteiger partial charge in [0.25, 0.3) is 0 Å². The van der Waals surface area contributed by atoms with E-state index < -0.39 is 5.60 Å². The molecule has 0 bridgehead atoms. The second kappa shape index (κ2) is 5.32. The van der Waals surface area contributed by atoms with E-state index >= 15 is 0 Å². The van der Waals surface area contributed by atoms with Crippen LogP contribution in [0.3, 0.4) is 0 Å². The number of hydrogen-bond acceptors (Lipinski definition) is 5. The van der Waals surface area contributed by atoms with Crippen molar-refractivity contribution in [1.82, 2.24) is 14.7 Å². The number of carbonyl (C=O) groups excluding carboxylic acids is 1. The van der Waals surface area contributed by atoms with Gasteiger partial charge in [0.2, 0.25) is 0 Å². The number of nitrogens with zero attached hydrogens (tertiary/aromatic N) is 3. The van der Waals surface area contributed by atoms with Gasteiger partial charge in [0.05, 0.1) is 18.8 Å². The van der Waals surface area contributed by atoms with E-state index in [1.54, 1.807) is 22.7 Å². The maximum Gasteiger partial charge on any atom is 0.410 e. The minimum atomic E-state index is -0.500. The minimum absolute atomic E-state index is 0.264. The van der Waals surface area contributed by atoms with Crippen molar-refractivity contribution in [2.24, 2.45) is 7.05 Å². The molecule has 1 aromatic rings. The predicted molar refractivity (Wildman–Crippen MR) is 74.1 cm³/mol. The number of aryl methyl sites for hydroxylation is 1. The van der Waals surface area contributed by atoms with Crippen molar-refractivity contribution >= 4 is 11.9 Å². The summed E-state index contributed by atoms with van der Waals surface area (Å²) in [6.45, 7) is 6.95. The fourth-order valence-corrected chi connectivity index (χ4v) is 1.98. The lowest BCUT2D eigenvalue weighted by molar-refractivity contribution is -0.0448. The number of hydrogen-bond donors (Lipinski definition) is 1. The van der Waals surface area contributed by atoms with Crippen molar-refractivity contribution in [2.75, 3.05) is 25.4 Å². The Morgan fingerprint density at radius 3 is 2.80 bits per heavy atom. The molecule has 1 fully saturated rings. The Hall–Kier alpha value is -1.76. The largest absolute Gasteiger partial charge is 0.444 e. The van der Waals surface area contributed by atoms with Crippen LogP contribution in [0, 0.1) is 0 Å². The molecule has 0 radical (unpaired) electrons. The number of aromatic nitrogens is 2. The number of anilines is 1. The lowest BCUT2D eigenvalue weighted by Gasteiger charge is -2.33. The quantitative estimate of drug-likeness (QED) is 0.839. The Morgan fingerprint density at radius 2 is 2.25 bits per heavy atom. The van der Waals surface area contributed by atoms with Crippen molar-refractivity contribution in [3.8, 4) is 0 Å². The summed E-state index contributed by atoms with van der Waals surface area (Å²) in [6, 6.07) is 1.77. The van der Waals surface area contributed by atoms with Crippen LogP contribution in [0.25, 0.3) is 0 Å². The zero-order valence-electron chi connectivity index (χ0n) is 12.4.